The van der Waals surface area contributed by atoms with Crippen LogP contribution in [0, 0.1) is 0 Å². The molecule has 0 radical (unpaired) electrons. The van der Waals surface area contributed by atoms with Gasteiger partial charge >= 0.3 is 0 Å². The number of nitrogen functional groups attached to an aromatic ring is 1. The maximum atomic E-state index is 12.3. The Morgan fingerprint density at radius 1 is 1.53 bits per heavy atom. The van der Waals surface area contributed by atoms with E-state index >= 15 is 0 Å². The molecule has 2 rings (SSSR count). The monoisotopic (exact) mass is 277 g/mol. The molecule has 0 saturated heterocycles. The summed E-state index contributed by atoms with van der Waals surface area (Å²) in [7, 11) is 3.27. The average molecular weight is 277 g/mol. The summed E-state index contributed by atoms with van der Waals surface area (Å²) < 4.78 is 5.11. The molecule has 0 aliphatic carbocycles. The zero-order valence-corrected chi connectivity index (χ0v) is 11.6. The van der Waals surface area contributed by atoms with Gasteiger partial charge in [-0.3, -0.25) is 4.79 Å². The number of anilines is 1. The smallest absolute Gasteiger partial charge is 0.254 e. The normalized spacial score (nSPS) is 10.2. The Labute approximate surface area is 115 Å². The molecule has 19 heavy (non-hydrogen) atoms. The summed E-state index contributed by atoms with van der Waals surface area (Å²) in [5, 5.41) is 1.92. The molecular formula is C13H15N3O2S. The fraction of sp³-hybridized carbons (Fsp3) is 0.231. The van der Waals surface area contributed by atoms with Gasteiger partial charge in [-0.2, -0.15) is 0 Å². The van der Waals surface area contributed by atoms with E-state index in [9.17, 15) is 4.79 Å². The highest BCUT2D eigenvalue weighted by molar-refractivity contribution is 7.07. The van der Waals surface area contributed by atoms with Gasteiger partial charge in [0.2, 0.25) is 0 Å². The van der Waals surface area contributed by atoms with Crippen molar-refractivity contribution in [3.8, 4) is 5.75 Å². The first-order chi connectivity index (χ1) is 9.11. The van der Waals surface area contributed by atoms with Gasteiger partial charge in [0.1, 0.15) is 5.75 Å². The van der Waals surface area contributed by atoms with E-state index in [0.717, 1.165) is 5.69 Å². The molecule has 0 aliphatic rings. The van der Waals surface area contributed by atoms with Gasteiger partial charge in [0.05, 0.1) is 30.5 Å². The number of aromatic nitrogens is 1. The van der Waals surface area contributed by atoms with E-state index in [1.54, 1.807) is 35.7 Å². The van der Waals surface area contributed by atoms with E-state index in [1.807, 2.05) is 5.38 Å². The van der Waals surface area contributed by atoms with Crippen molar-refractivity contribution in [3.05, 3.63) is 40.3 Å². The van der Waals surface area contributed by atoms with Crippen LogP contribution in [0.15, 0.2) is 29.1 Å². The minimum Gasteiger partial charge on any atom is -0.495 e. The van der Waals surface area contributed by atoms with Crippen LogP contribution in [0.1, 0.15) is 16.1 Å². The third-order valence-corrected chi connectivity index (χ3v) is 3.35. The van der Waals surface area contributed by atoms with Crippen LogP contribution in [-0.4, -0.2) is 29.9 Å². The number of rotatable bonds is 4. The molecule has 1 aromatic heterocycles. The van der Waals surface area contributed by atoms with Gasteiger partial charge < -0.3 is 15.4 Å². The van der Waals surface area contributed by atoms with Crippen molar-refractivity contribution in [2.24, 2.45) is 0 Å². The van der Waals surface area contributed by atoms with Gasteiger partial charge in [0.15, 0.2) is 0 Å². The third-order valence-electron chi connectivity index (χ3n) is 2.71. The third kappa shape index (κ3) is 3.03. The first-order valence-corrected chi connectivity index (χ1v) is 6.62. The number of carbonyl (C=O) groups excluding carboxylic acids is 1. The lowest BCUT2D eigenvalue weighted by Crippen LogP contribution is -2.26. The topological polar surface area (TPSA) is 68.5 Å². The molecule has 0 atom stereocenters. The summed E-state index contributed by atoms with van der Waals surface area (Å²) in [6, 6.07) is 5.01. The summed E-state index contributed by atoms with van der Waals surface area (Å²) in [5.41, 5.74) is 9.42. The zero-order chi connectivity index (χ0) is 13.8. The highest BCUT2D eigenvalue weighted by Crippen LogP contribution is 2.23. The van der Waals surface area contributed by atoms with Gasteiger partial charge in [-0.1, -0.05) is 0 Å². The Morgan fingerprint density at radius 3 is 2.95 bits per heavy atom. The van der Waals surface area contributed by atoms with Crippen LogP contribution in [0.4, 0.5) is 5.69 Å². The largest absolute Gasteiger partial charge is 0.495 e. The molecule has 0 unspecified atom stereocenters. The minimum atomic E-state index is -0.0914. The second-order valence-corrected chi connectivity index (χ2v) is 4.82. The summed E-state index contributed by atoms with van der Waals surface area (Å²) in [6.45, 7) is 0.481. The van der Waals surface area contributed by atoms with Gasteiger partial charge in [-0.05, 0) is 18.2 Å². The predicted octanol–water partition coefficient (Wildman–Crippen LogP) is 2.01. The standard InChI is InChI=1S/C13H15N3O2S/c1-16(6-10-7-19-8-15-10)13(17)9-3-4-11(14)12(5-9)18-2/h3-5,7-8H,6,14H2,1-2H3. The van der Waals surface area contributed by atoms with Crippen LogP contribution in [0.2, 0.25) is 0 Å². The molecule has 0 bridgehead atoms. The molecule has 1 amide bonds. The Kier molecular flexibility index (Phi) is 4.01. The summed E-state index contributed by atoms with van der Waals surface area (Å²) >= 11 is 1.51. The van der Waals surface area contributed by atoms with E-state index in [2.05, 4.69) is 4.98 Å². The molecule has 0 spiro atoms. The molecule has 0 aliphatic heterocycles. The highest BCUT2D eigenvalue weighted by atomic mass is 32.1. The quantitative estimate of drug-likeness (QED) is 0.868. The summed E-state index contributed by atoms with van der Waals surface area (Å²) in [4.78, 5) is 18.0. The lowest BCUT2D eigenvalue weighted by Gasteiger charge is -2.16. The first-order valence-electron chi connectivity index (χ1n) is 5.68. The van der Waals surface area contributed by atoms with Crippen molar-refractivity contribution in [1.29, 1.82) is 0 Å². The van der Waals surface area contributed by atoms with Gasteiger partial charge in [0, 0.05) is 18.0 Å². The number of ether oxygens (including phenoxy) is 1. The zero-order valence-electron chi connectivity index (χ0n) is 10.8. The second kappa shape index (κ2) is 5.71. The number of hydrogen-bond donors (Lipinski definition) is 1. The Morgan fingerprint density at radius 2 is 2.32 bits per heavy atom. The van der Waals surface area contributed by atoms with E-state index in [-0.39, 0.29) is 5.91 Å². The fourth-order valence-electron chi connectivity index (χ4n) is 1.69. The Balaban J connectivity index is 2.14. The van der Waals surface area contributed by atoms with Crippen LogP contribution >= 0.6 is 11.3 Å². The van der Waals surface area contributed by atoms with Gasteiger partial charge in [-0.15, -0.1) is 11.3 Å². The first kappa shape index (κ1) is 13.4. The molecule has 5 nitrogen and oxygen atoms in total. The molecule has 100 valence electrons. The number of benzene rings is 1. The predicted molar refractivity (Wildman–Crippen MR) is 75.3 cm³/mol. The number of methoxy groups -OCH3 is 1. The molecule has 1 heterocycles. The van der Waals surface area contributed by atoms with E-state index in [0.29, 0.717) is 23.5 Å². The SMILES string of the molecule is COc1cc(C(=O)N(C)Cc2cscn2)ccc1N. The lowest BCUT2D eigenvalue weighted by molar-refractivity contribution is 0.0783. The Hall–Kier alpha value is -2.08. The lowest BCUT2D eigenvalue weighted by atomic mass is 10.1. The molecule has 2 N–H and O–H groups in total. The van der Waals surface area contributed by atoms with Crippen LogP contribution in [-0.2, 0) is 6.54 Å². The summed E-state index contributed by atoms with van der Waals surface area (Å²) in [5.74, 6) is 0.416. The maximum absolute atomic E-state index is 12.3. The number of amides is 1. The fourth-order valence-corrected chi connectivity index (χ4v) is 2.24. The van der Waals surface area contributed by atoms with E-state index in [1.165, 1.54) is 18.4 Å². The molecule has 6 heteroatoms. The number of thiazole rings is 1. The molecule has 1 aromatic carbocycles. The highest BCUT2D eigenvalue weighted by Gasteiger charge is 2.14. The maximum Gasteiger partial charge on any atom is 0.254 e. The van der Waals surface area contributed by atoms with Crippen molar-refractivity contribution in [1.82, 2.24) is 9.88 Å². The number of nitrogens with two attached hydrogens (primary N) is 1. The average Bonchev–Trinajstić information content (AvgIpc) is 2.91. The van der Waals surface area contributed by atoms with Crippen molar-refractivity contribution in [3.63, 3.8) is 0 Å². The molecule has 2 aromatic rings. The molecule has 0 fully saturated rings. The van der Waals surface area contributed by atoms with E-state index in [4.69, 9.17) is 10.5 Å². The van der Waals surface area contributed by atoms with Crippen LogP contribution in [0.3, 0.4) is 0 Å². The second-order valence-electron chi connectivity index (χ2n) is 4.10. The Bertz CT molecular complexity index is 569. The summed E-state index contributed by atoms with van der Waals surface area (Å²) in [6.07, 6.45) is 0. The van der Waals surface area contributed by atoms with Crippen molar-refractivity contribution in [2.45, 2.75) is 6.54 Å². The molecular weight excluding hydrogens is 262 g/mol. The van der Waals surface area contributed by atoms with Crippen molar-refractivity contribution in [2.75, 3.05) is 19.9 Å². The number of nitrogens with zero attached hydrogens (tertiary/aromatic N) is 2. The van der Waals surface area contributed by atoms with Crippen molar-refractivity contribution < 1.29 is 9.53 Å². The van der Waals surface area contributed by atoms with Crippen LogP contribution < -0.4 is 10.5 Å². The molecule has 0 saturated carbocycles. The van der Waals surface area contributed by atoms with Crippen LogP contribution in [0.5, 0.6) is 5.75 Å². The minimum absolute atomic E-state index is 0.0914. The van der Waals surface area contributed by atoms with Crippen LogP contribution in [0.25, 0.3) is 0 Å². The van der Waals surface area contributed by atoms with E-state index < -0.39 is 0 Å². The van der Waals surface area contributed by atoms with Gasteiger partial charge in [-0.25, -0.2) is 4.98 Å². The number of carbonyl (C=O) groups is 1. The van der Waals surface area contributed by atoms with Gasteiger partial charge in [0.25, 0.3) is 5.91 Å². The van der Waals surface area contributed by atoms with Crippen molar-refractivity contribution >= 4 is 22.9 Å². The number of hydrogen-bond acceptors (Lipinski definition) is 5.